The van der Waals surface area contributed by atoms with Gasteiger partial charge in [-0.3, -0.25) is 4.57 Å². The quantitative estimate of drug-likeness (QED) is 0.747. The van der Waals surface area contributed by atoms with Crippen LogP contribution in [0.4, 0.5) is 0 Å². The van der Waals surface area contributed by atoms with Crippen LogP contribution in [0.5, 0.6) is 0 Å². The third kappa shape index (κ3) is 1.49. The molecule has 0 spiro atoms. The average molecular weight is 190 g/mol. The van der Waals surface area contributed by atoms with Crippen LogP contribution in [0.2, 0.25) is 0 Å². The molecule has 2 rings (SSSR count). The van der Waals surface area contributed by atoms with Crippen molar-refractivity contribution < 1.29 is 5.11 Å². The molecule has 2 aromatic heterocycles. The van der Waals surface area contributed by atoms with E-state index >= 15 is 0 Å². The Balaban J connectivity index is 2.39. The van der Waals surface area contributed by atoms with Gasteiger partial charge in [0.2, 0.25) is 0 Å². The molecule has 0 aliphatic carbocycles. The highest BCUT2D eigenvalue weighted by Gasteiger charge is 2.01. The van der Waals surface area contributed by atoms with E-state index in [1.165, 1.54) is 0 Å². The SMILES string of the molecule is Cc1nccn1-c1ccc(CO)nn1. The summed E-state index contributed by atoms with van der Waals surface area (Å²) >= 11 is 0. The van der Waals surface area contributed by atoms with E-state index in [1.54, 1.807) is 18.3 Å². The fraction of sp³-hybridized carbons (Fsp3) is 0.222. The van der Waals surface area contributed by atoms with Gasteiger partial charge in [0.05, 0.1) is 12.3 Å². The van der Waals surface area contributed by atoms with Crippen molar-refractivity contribution in [3.8, 4) is 5.82 Å². The summed E-state index contributed by atoms with van der Waals surface area (Å²) < 4.78 is 1.83. The molecule has 0 fully saturated rings. The van der Waals surface area contributed by atoms with Gasteiger partial charge in [-0.25, -0.2) is 4.98 Å². The minimum absolute atomic E-state index is 0.0871. The number of aliphatic hydroxyl groups excluding tert-OH is 1. The Kier molecular flexibility index (Phi) is 2.24. The molecule has 14 heavy (non-hydrogen) atoms. The van der Waals surface area contributed by atoms with Crippen LogP contribution in [0.3, 0.4) is 0 Å². The van der Waals surface area contributed by atoms with Gasteiger partial charge in [0.1, 0.15) is 5.82 Å². The maximum Gasteiger partial charge on any atom is 0.160 e. The van der Waals surface area contributed by atoms with Gasteiger partial charge >= 0.3 is 0 Å². The molecule has 0 bridgehead atoms. The molecule has 2 heterocycles. The van der Waals surface area contributed by atoms with Crippen molar-refractivity contribution in [1.82, 2.24) is 19.7 Å². The third-order valence-corrected chi connectivity index (χ3v) is 1.94. The molecule has 72 valence electrons. The molecule has 0 radical (unpaired) electrons. The lowest BCUT2D eigenvalue weighted by Crippen LogP contribution is -2.02. The van der Waals surface area contributed by atoms with Gasteiger partial charge in [-0.1, -0.05) is 0 Å². The second kappa shape index (κ2) is 3.55. The van der Waals surface area contributed by atoms with Gasteiger partial charge in [-0.15, -0.1) is 5.10 Å². The number of rotatable bonds is 2. The van der Waals surface area contributed by atoms with Crippen LogP contribution in [-0.4, -0.2) is 24.9 Å². The van der Waals surface area contributed by atoms with Gasteiger partial charge in [-0.05, 0) is 19.1 Å². The molecular weight excluding hydrogens is 180 g/mol. The molecule has 0 aliphatic heterocycles. The van der Waals surface area contributed by atoms with Crippen LogP contribution in [0, 0.1) is 6.92 Å². The summed E-state index contributed by atoms with van der Waals surface area (Å²) in [6.07, 6.45) is 3.52. The first kappa shape index (κ1) is 8.83. The molecule has 5 nitrogen and oxygen atoms in total. The summed E-state index contributed by atoms with van der Waals surface area (Å²) in [5.41, 5.74) is 0.562. The van der Waals surface area contributed by atoms with E-state index in [4.69, 9.17) is 5.11 Å². The van der Waals surface area contributed by atoms with Gasteiger partial charge in [0.15, 0.2) is 5.82 Å². The highest BCUT2D eigenvalue weighted by atomic mass is 16.3. The van der Waals surface area contributed by atoms with Crippen LogP contribution >= 0.6 is 0 Å². The summed E-state index contributed by atoms with van der Waals surface area (Å²) in [6.45, 7) is 1.80. The Bertz CT molecular complexity index is 421. The summed E-state index contributed by atoms with van der Waals surface area (Å²) in [6, 6.07) is 3.54. The van der Waals surface area contributed by atoms with Crippen LogP contribution in [0.25, 0.3) is 5.82 Å². The average Bonchev–Trinajstić information content (AvgIpc) is 2.65. The lowest BCUT2D eigenvalue weighted by molar-refractivity contribution is 0.275. The Labute approximate surface area is 81.1 Å². The molecular formula is C9H10N4O. The van der Waals surface area contributed by atoms with E-state index in [-0.39, 0.29) is 6.61 Å². The fourth-order valence-electron chi connectivity index (χ4n) is 1.19. The van der Waals surface area contributed by atoms with E-state index in [0.29, 0.717) is 11.5 Å². The van der Waals surface area contributed by atoms with Gasteiger partial charge in [-0.2, -0.15) is 5.10 Å². The van der Waals surface area contributed by atoms with Crippen LogP contribution in [0.1, 0.15) is 11.5 Å². The Hall–Kier alpha value is -1.75. The Morgan fingerprint density at radius 1 is 1.36 bits per heavy atom. The summed E-state index contributed by atoms with van der Waals surface area (Å²) in [5.74, 6) is 1.56. The van der Waals surface area contributed by atoms with E-state index in [1.807, 2.05) is 17.7 Å². The number of aromatic nitrogens is 4. The van der Waals surface area contributed by atoms with Crippen LogP contribution in [-0.2, 0) is 6.61 Å². The molecule has 0 unspecified atom stereocenters. The van der Waals surface area contributed by atoms with E-state index in [0.717, 1.165) is 5.82 Å². The highest BCUT2D eigenvalue weighted by Crippen LogP contribution is 2.06. The van der Waals surface area contributed by atoms with Crippen molar-refractivity contribution in [2.75, 3.05) is 0 Å². The van der Waals surface area contributed by atoms with E-state index in [2.05, 4.69) is 15.2 Å². The van der Waals surface area contributed by atoms with E-state index in [9.17, 15) is 0 Å². The molecule has 0 saturated heterocycles. The minimum atomic E-state index is -0.0871. The fourth-order valence-corrected chi connectivity index (χ4v) is 1.19. The monoisotopic (exact) mass is 190 g/mol. The molecule has 0 saturated carbocycles. The van der Waals surface area contributed by atoms with Gasteiger partial charge < -0.3 is 5.11 Å². The normalized spacial score (nSPS) is 10.4. The van der Waals surface area contributed by atoms with Crippen molar-refractivity contribution in [3.63, 3.8) is 0 Å². The topological polar surface area (TPSA) is 63.8 Å². The maximum atomic E-state index is 8.79. The van der Waals surface area contributed by atoms with Crippen LogP contribution in [0.15, 0.2) is 24.5 Å². The molecule has 0 amide bonds. The first-order chi connectivity index (χ1) is 6.81. The first-order valence-electron chi connectivity index (χ1n) is 4.25. The molecule has 5 heteroatoms. The Morgan fingerprint density at radius 2 is 2.21 bits per heavy atom. The van der Waals surface area contributed by atoms with Crippen LogP contribution < -0.4 is 0 Å². The zero-order valence-electron chi connectivity index (χ0n) is 7.75. The first-order valence-corrected chi connectivity index (χ1v) is 4.25. The molecule has 1 N–H and O–H groups in total. The van der Waals surface area contributed by atoms with Crippen molar-refractivity contribution in [1.29, 1.82) is 0 Å². The third-order valence-electron chi connectivity index (χ3n) is 1.94. The zero-order chi connectivity index (χ0) is 9.97. The van der Waals surface area contributed by atoms with E-state index < -0.39 is 0 Å². The molecule has 0 aromatic carbocycles. The molecule has 0 aliphatic rings. The smallest absolute Gasteiger partial charge is 0.160 e. The number of hydrogen-bond acceptors (Lipinski definition) is 4. The molecule has 0 atom stereocenters. The lowest BCUT2D eigenvalue weighted by Gasteiger charge is -2.02. The van der Waals surface area contributed by atoms with Gasteiger partial charge in [0.25, 0.3) is 0 Å². The predicted molar refractivity (Wildman–Crippen MR) is 49.8 cm³/mol. The largest absolute Gasteiger partial charge is 0.390 e. The van der Waals surface area contributed by atoms with Crippen molar-refractivity contribution in [2.45, 2.75) is 13.5 Å². The predicted octanol–water partition coefficient (Wildman–Crippen LogP) is 0.463. The maximum absolute atomic E-state index is 8.79. The zero-order valence-corrected chi connectivity index (χ0v) is 7.75. The van der Waals surface area contributed by atoms with Gasteiger partial charge in [0, 0.05) is 12.4 Å². The van der Waals surface area contributed by atoms with Crippen molar-refractivity contribution in [2.24, 2.45) is 0 Å². The minimum Gasteiger partial charge on any atom is -0.390 e. The second-order valence-corrected chi connectivity index (χ2v) is 2.89. The lowest BCUT2D eigenvalue weighted by atomic mass is 10.4. The number of imidazole rings is 1. The Morgan fingerprint density at radius 3 is 2.71 bits per heavy atom. The standard InChI is InChI=1S/C9H10N4O/c1-7-10-4-5-13(7)9-3-2-8(6-14)11-12-9/h2-5,14H,6H2,1H3. The second-order valence-electron chi connectivity index (χ2n) is 2.89. The number of aryl methyl sites for hydroxylation is 1. The number of nitrogens with zero attached hydrogens (tertiary/aromatic N) is 4. The molecule has 2 aromatic rings. The van der Waals surface area contributed by atoms with Crippen molar-refractivity contribution in [3.05, 3.63) is 36.0 Å². The summed E-state index contributed by atoms with van der Waals surface area (Å²) in [4.78, 5) is 4.08. The highest BCUT2D eigenvalue weighted by molar-refractivity contribution is 5.23. The number of aliphatic hydroxyl groups is 1. The summed E-state index contributed by atoms with van der Waals surface area (Å²) in [7, 11) is 0. The summed E-state index contributed by atoms with van der Waals surface area (Å²) in [5, 5.41) is 16.6. The number of hydrogen-bond donors (Lipinski definition) is 1. The van der Waals surface area contributed by atoms with Crippen molar-refractivity contribution >= 4 is 0 Å².